The number of methoxy groups -OCH3 is 3. The number of halogens is 1. The van der Waals surface area contributed by atoms with Crippen molar-refractivity contribution in [3.63, 3.8) is 0 Å². The molecule has 0 spiro atoms. The van der Waals surface area contributed by atoms with Gasteiger partial charge in [-0.25, -0.2) is 4.68 Å². The lowest BCUT2D eigenvalue weighted by Crippen LogP contribution is -2.31. The molecular weight excluding hydrogens is 552 g/mol. The Hall–Kier alpha value is -4.38. The molecule has 2 aromatic heterocycles. The van der Waals surface area contributed by atoms with Crippen LogP contribution in [0.25, 0.3) is 11.4 Å². The van der Waals surface area contributed by atoms with E-state index in [2.05, 4.69) is 31.5 Å². The minimum Gasteiger partial charge on any atom is -0.493 e. The van der Waals surface area contributed by atoms with Gasteiger partial charge >= 0.3 is 0 Å². The first-order valence-corrected chi connectivity index (χ1v) is 12.4. The Bertz CT molecular complexity index is 1510. The summed E-state index contributed by atoms with van der Waals surface area (Å²) in [6, 6.07) is 14.3. The highest BCUT2D eigenvalue weighted by atomic mass is 79.9. The highest BCUT2D eigenvalue weighted by molar-refractivity contribution is 9.10. The van der Waals surface area contributed by atoms with E-state index in [9.17, 15) is 4.79 Å². The van der Waals surface area contributed by atoms with E-state index < -0.39 is 6.04 Å². The van der Waals surface area contributed by atoms with Crippen LogP contribution >= 0.6 is 15.9 Å². The zero-order valence-electron chi connectivity index (χ0n) is 21.2. The maximum absolute atomic E-state index is 13.6. The van der Waals surface area contributed by atoms with Gasteiger partial charge in [0, 0.05) is 21.9 Å². The van der Waals surface area contributed by atoms with Crippen molar-refractivity contribution in [1.29, 1.82) is 0 Å². The second-order valence-electron chi connectivity index (χ2n) is 8.43. The normalized spacial score (nSPS) is 14.4. The number of benzene rings is 2. The molecule has 2 N–H and O–H groups in total. The number of hydrogen-bond acceptors (Lipinski definition) is 8. The molecule has 38 heavy (non-hydrogen) atoms. The molecule has 194 valence electrons. The maximum atomic E-state index is 13.6. The molecule has 1 aliphatic heterocycles. The molecule has 0 aliphatic carbocycles. The van der Waals surface area contributed by atoms with Gasteiger partial charge in [-0.05, 0) is 48.9 Å². The van der Waals surface area contributed by atoms with Crippen LogP contribution in [0.15, 0.2) is 76.7 Å². The lowest BCUT2D eigenvalue weighted by atomic mass is 9.95. The molecule has 10 nitrogen and oxygen atoms in total. The highest BCUT2D eigenvalue weighted by Gasteiger charge is 2.35. The third kappa shape index (κ3) is 4.68. The quantitative estimate of drug-likeness (QED) is 0.314. The number of anilines is 2. The fourth-order valence-electron chi connectivity index (χ4n) is 4.40. The average molecular weight is 577 g/mol. The number of nitrogens with one attached hydrogen (secondary N) is 2. The summed E-state index contributed by atoms with van der Waals surface area (Å²) in [5.74, 6) is 2.08. The van der Waals surface area contributed by atoms with Crippen LogP contribution in [0.1, 0.15) is 18.5 Å². The first-order valence-electron chi connectivity index (χ1n) is 11.6. The number of carbonyl (C=O) groups excluding carboxylic acids is 1. The van der Waals surface area contributed by atoms with Gasteiger partial charge in [-0.1, -0.05) is 28.1 Å². The Balaban J connectivity index is 1.62. The third-order valence-corrected chi connectivity index (χ3v) is 6.60. The Morgan fingerprint density at radius 3 is 2.45 bits per heavy atom. The maximum Gasteiger partial charge on any atom is 0.255 e. The van der Waals surface area contributed by atoms with E-state index in [-0.39, 0.29) is 5.91 Å². The number of carbonyl (C=O) groups is 1. The van der Waals surface area contributed by atoms with Crippen LogP contribution in [0.3, 0.4) is 0 Å². The molecule has 1 amide bonds. The molecule has 0 bridgehead atoms. The van der Waals surface area contributed by atoms with Crippen LogP contribution in [-0.2, 0) is 4.79 Å². The molecule has 0 fully saturated rings. The molecule has 1 atom stereocenters. The monoisotopic (exact) mass is 576 g/mol. The summed E-state index contributed by atoms with van der Waals surface area (Å²) in [5, 5.41) is 11.0. The van der Waals surface area contributed by atoms with Crippen molar-refractivity contribution in [3.8, 4) is 28.6 Å². The van der Waals surface area contributed by atoms with Crippen LogP contribution in [0.2, 0.25) is 0 Å². The molecule has 1 unspecified atom stereocenters. The summed E-state index contributed by atoms with van der Waals surface area (Å²) < 4.78 is 19.1. The van der Waals surface area contributed by atoms with Crippen LogP contribution < -0.4 is 24.8 Å². The largest absolute Gasteiger partial charge is 0.493 e. The summed E-state index contributed by atoms with van der Waals surface area (Å²) in [4.78, 5) is 22.5. The zero-order chi connectivity index (χ0) is 26.8. The number of amides is 1. The van der Waals surface area contributed by atoms with E-state index in [1.807, 2.05) is 31.2 Å². The number of allylic oxidation sites excluding steroid dienone is 1. The van der Waals surface area contributed by atoms with Crippen LogP contribution in [0, 0.1) is 0 Å². The Morgan fingerprint density at radius 1 is 1.05 bits per heavy atom. The SMILES string of the molecule is COc1cc(-c2nc3n(n2)C(c2cccc(Br)c2)C(C(=O)Nc2cccnc2)=C(C)N3)cc(OC)c1OC. The van der Waals surface area contributed by atoms with Crippen molar-refractivity contribution in [2.24, 2.45) is 0 Å². The molecule has 3 heterocycles. The minimum absolute atomic E-state index is 0.275. The number of rotatable bonds is 7. The predicted molar refractivity (Wildman–Crippen MR) is 147 cm³/mol. The van der Waals surface area contributed by atoms with Gasteiger partial charge in [-0.3, -0.25) is 9.78 Å². The van der Waals surface area contributed by atoms with E-state index in [0.29, 0.717) is 51.5 Å². The van der Waals surface area contributed by atoms with Crippen molar-refractivity contribution in [2.75, 3.05) is 32.0 Å². The second-order valence-corrected chi connectivity index (χ2v) is 9.35. The minimum atomic E-state index is -0.552. The summed E-state index contributed by atoms with van der Waals surface area (Å²) >= 11 is 3.56. The summed E-state index contributed by atoms with van der Waals surface area (Å²) in [6.07, 6.45) is 3.25. The standard InChI is InChI=1S/C27H25BrN6O4/c1-15-22(26(35)31-19-9-6-10-29-14-19)23(16-7-5-8-18(28)11-16)34-27(30-15)32-25(33-34)17-12-20(36-2)24(38-4)21(13-17)37-3/h5-14,23H,1-4H3,(H,31,35)(H,30,32,33). The fraction of sp³-hybridized carbons (Fsp3) is 0.185. The van der Waals surface area contributed by atoms with Gasteiger partial charge in [-0.2, -0.15) is 4.98 Å². The van der Waals surface area contributed by atoms with Gasteiger partial charge < -0.3 is 24.8 Å². The van der Waals surface area contributed by atoms with Gasteiger partial charge in [-0.15, -0.1) is 5.10 Å². The predicted octanol–water partition coefficient (Wildman–Crippen LogP) is 5.06. The van der Waals surface area contributed by atoms with Gasteiger partial charge in [0.05, 0.1) is 38.8 Å². The van der Waals surface area contributed by atoms with Crippen LogP contribution in [0.5, 0.6) is 17.2 Å². The summed E-state index contributed by atoms with van der Waals surface area (Å²) in [5.41, 5.74) is 3.27. The van der Waals surface area contributed by atoms with E-state index >= 15 is 0 Å². The highest BCUT2D eigenvalue weighted by Crippen LogP contribution is 2.42. The molecule has 1 aliphatic rings. The van der Waals surface area contributed by atoms with Crippen molar-refractivity contribution < 1.29 is 19.0 Å². The third-order valence-electron chi connectivity index (χ3n) is 6.10. The second kappa shape index (κ2) is 10.5. The van der Waals surface area contributed by atoms with Gasteiger partial charge in [0.15, 0.2) is 17.3 Å². The Kier molecular flexibility index (Phi) is 7.01. The summed E-state index contributed by atoms with van der Waals surface area (Å²) in [7, 11) is 4.66. The van der Waals surface area contributed by atoms with E-state index in [1.54, 1.807) is 62.7 Å². The van der Waals surface area contributed by atoms with Gasteiger partial charge in [0.1, 0.15) is 6.04 Å². The molecule has 11 heteroatoms. The molecular formula is C27H25BrN6O4. The number of fused-ring (bicyclic) bond motifs is 1. The van der Waals surface area contributed by atoms with Crippen molar-refractivity contribution >= 4 is 33.5 Å². The average Bonchev–Trinajstić information content (AvgIpc) is 3.35. The topological polar surface area (TPSA) is 112 Å². The molecule has 0 saturated carbocycles. The zero-order valence-corrected chi connectivity index (χ0v) is 22.7. The number of hydrogen-bond donors (Lipinski definition) is 2. The van der Waals surface area contributed by atoms with Crippen molar-refractivity contribution in [2.45, 2.75) is 13.0 Å². The number of pyridine rings is 1. The Morgan fingerprint density at radius 2 is 1.82 bits per heavy atom. The molecule has 4 aromatic rings. The molecule has 5 rings (SSSR count). The number of ether oxygens (including phenoxy) is 3. The molecule has 2 aromatic carbocycles. The van der Waals surface area contributed by atoms with E-state index in [1.165, 1.54) is 0 Å². The van der Waals surface area contributed by atoms with Crippen LogP contribution in [-0.4, -0.2) is 47.0 Å². The van der Waals surface area contributed by atoms with E-state index in [0.717, 1.165) is 10.0 Å². The molecule has 0 radical (unpaired) electrons. The lowest BCUT2D eigenvalue weighted by molar-refractivity contribution is -0.113. The van der Waals surface area contributed by atoms with Crippen molar-refractivity contribution in [1.82, 2.24) is 19.7 Å². The van der Waals surface area contributed by atoms with Gasteiger partial charge in [0.25, 0.3) is 5.91 Å². The van der Waals surface area contributed by atoms with Crippen LogP contribution in [0.4, 0.5) is 11.6 Å². The van der Waals surface area contributed by atoms with Gasteiger partial charge in [0.2, 0.25) is 11.7 Å². The number of nitrogens with zero attached hydrogens (tertiary/aromatic N) is 4. The molecule has 0 saturated heterocycles. The fourth-order valence-corrected chi connectivity index (χ4v) is 4.81. The van der Waals surface area contributed by atoms with E-state index in [4.69, 9.17) is 24.3 Å². The van der Waals surface area contributed by atoms with Crippen molar-refractivity contribution in [3.05, 3.63) is 82.2 Å². The smallest absolute Gasteiger partial charge is 0.255 e. The first-order chi connectivity index (χ1) is 18.4. The Labute approximate surface area is 227 Å². The lowest BCUT2D eigenvalue weighted by Gasteiger charge is -2.28. The first kappa shape index (κ1) is 25.3. The number of aromatic nitrogens is 4. The summed E-state index contributed by atoms with van der Waals surface area (Å²) in [6.45, 7) is 1.85.